The van der Waals surface area contributed by atoms with E-state index >= 15 is 0 Å². The van der Waals surface area contributed by atoms with Gasteiger partial charge in [-0.05, 0) is 24.1 Å². The van der Waals surface area contributed by atoms with Gasteiger partial charge < -0.3 is 11.1 Å². The topological polar surface area (TPSA) is 49.9 Å². The van der Waals surface area contributed by atoms with Crippen LogP contribution >= 0.6 is 0 Å². The second-order valence-corrected chi connectivity index (χ2v) is 2.89. The molecule has 0 fully saturated rings. The molecule has 1 aromatic rings. The lowest BCUT2D eigenvalue weighted by Crippen LogP contribution is -2.01. The van der Waals surface area contributed by atoms with Crippen LogP contribution in [0.15, 0.2) is 30.9 Å². The maximum atomic E-state index is 7.55. The maximum Gasteiger partial charge on any atom is 0.0627 e. The van der Waals surface area contributed by atoms with Gasteiger partial charge in [-0.1, -0.05) is 25.6 Å². The van der Waals surface area contributed by atoms with E-state index in [9.17, 15) is 0 Å². The molecule has 0 bridgehead atoms. The van der Waals surface area contributed by atoms with Crippen LogP contribution in [0, 0.1) is 5.41 Å². The number of hydrogen-bond acceptors (Lipinski definition) is 2. The normalized spacial score (nSPS) is 9.62. The molecule has 0 aliphatic heterocycles. The second kappa shape index (κ2) is 3.90. The average Bonchev–Trinajstić information content (AvgIpc) is 2.16. The average molecular weight is 174 g/mol. The van der Waals surface area contributed by atoms with Crippen LogP contribution in [0.2, 0.25) is 0 Å². The number of benzene rings is 1. The molecule has 68 valence electrons. The van der Waals surface area contributed by atoms with Gasteiger partial charge in [-0.25, -0.2) is 0 Å². The third-order valence-electron chi connectivity index (χ3n) is 2.02. The summed E-state index contributed by atoms with van der Waals surface area (Å²) >= 11 is 0. The van der Waals surface area contributed by atoms with Crippen molar-refractivity contribution in [2.75, 3.05) is 5.73 Å². The molecule has 0 aliphatic rings. The van der Waals surface area contributed by atoms with Gasteiger partial charge in [0.2, 0.25) is 0 Å². The van der Waals surface area contributed by atoms with Crippen molar-refractivity contribution in [2.45, 2.75) is 13.3 Å². The predicted octanol–water partition coefficient (Wildman–Crippen LogP) is 2.39. The SMILES string of the molecule is C=CC(=N)c1ccc(CC)cc1N. The van der Waals surface area contributed by atoms with E-state index in [2.05, 4.69) is 13.5 Å². The minimum atomic E-state index is 0.375. The van der Waals surface area contributed by atoms with Crippen molar-refractivity contribution in [1.82, 2.24) is 0 Å². The van der Waals surface area contributed by atoms with Gasteiger partial charge in [0, 0.05) is 11.3 Å². The molecule has 3 N–H and O–H groups in total. The summed E-state index contributed by atoms with van der Waals surface area (Å²) in [7, 11) is 0. The Labute approximate surface area is 78.6 Å². The second-order valence-electron chi connectivity index (χ2n) is 2.89. The fourth-order valence-corrected chi connectivity index (χ4v) is 1.19. The van der Waals surface area contributed by atoms with Crippen LogP contribution in [-0.2, 0) is 6.42 Å². The van der Waals surface area contributed by atoms with Gasteiger partial charge >= 0.3 is 0 Å². The number of anilines is 1. The zero-order chi connectivity index (χ0) is 9.84. The molecular weight excluding hydrogens is 160 g/mol. The molecular formula is C11H14N2. The fourth-order valence-electron chi connectivity index (χ4n) is 1.19. The lowest BCUT2D eigenvalue weighted by atomic mass is 10.0. The van der Waals surface area contributed by atoms with Gasteiger partial charge in [0.1, 0.15) is 0 Å². The van der Waals surface area contributed by atoms with E-state index in [1.54, 1.807) is 0 Å². The van der Waals surface area contributed by atoms with Crippen LogP contribution in [0.3, 0.4) is 0 Å². The largest absolute Gasteiger partial charge is 0.398 e. The summed E-state index contributed by atoms with van der Waals surface area (Å²) < 4.78 is 0. The van der Waals surface area contributed by atoms with E-state index in [0.717, 1.165) is 12.0 Å². The summed E-state index contributed by atoms with van der Waals surface area (Å²) in [4.78, 5) is 0. The molecule has 2 nitrogen and oxygen atoms in total. The van der Waals surface area contributed by atoms with Crippen molar-refractivity contribution >= 4 is 11.4 Å². The fraction of sp³-hybridized carbons (Fsp3) is 0.182. The molecule has 0 amide bonds. The highest BCUT2D eigenvalue weighted by molar-refractivity contribution is 6.09. The Morgan fingerprint density at radius 1 is 1.62 bits per heavy atom. The van der Waals surface area contributed by atoms with Gasteiger partial charge in [0.15, 0.2) is 0 Å². The molecule has 2 heteroatoms. The van der Waals surface area contributed by atoms with Gasteiger partial charge in [-0.2, -0.15) is 0 Å². The van der Waals surface area contributed by atoms with E-state index < -0.39 is 0 Å². The summed E-state index contributed by atoms with van der Waals surface area (Å²) in [6, 6.07) is 5.77. The van der Waals surface area contributed by atoms with Crippen LogP contribution in [0.25, 0.3) is 0 Å². The first-order chi connectivity index (χ1) is 6.19. The molecule has 0 saturated heterocycles. The number of hydrogen-bond donors (Lipinski definition) is 2. The highest BCUT2D eigenvalue weighted by Gasteiger charge is 2.02. The molecule has 0 aliphatic carbocycles. The molecule has 0 atom stereocenters. The van der Waals surface area contributed by atoms with Gasteiger partial charge in [-0.3, -0.25) is 0 Å². The summed E-state index contributed by atoms with van der Waals surface area (Å²) in [5.74, 6) is 0. The van der Waals surface area contributed by atoms with Crippen molar-refractivity contribution in [3.8, 4) is 0 Å². The minimum absolute atomic E-state index is 0.375. The Morgan fingerprint density at radius 2 is 2.31 bits per heavy atom. The first kappa shape index (κ1) is 9.52. The highest BCUT2D eigenvalue weighted by Crippen LogP contribution is 2.15. The van der Waals surface area contributed by atoms with Crippen molar-refractivity contribution < 1.29 is 0 Å². The Hall–Kier alpha value is -1.57. The van der Waals surface area contributed by atoms with Crippen LogP contribution in [-0.4, -0.2) is 5.71 Å². The van der Waals surface area contributed by atoms with Crippen LogP contribution in [0.5, 0.6) is 0 Å². The summed E-state index contributed by atoms with van der Waals surface area (Å²) in [6.07, 6.45) is 2.46. The Morgan fingerprint density at radius 3 is 2.77 bits per heavy atom. The number of nitrogens with two attached hydrogens (primary N) is 1. The zero-order valence-electron chi connectivity index (χ0n) is 7.80. The molecule has 0 aromatic heterocycles. The van der Waals surface area contributed by atoms with Crippen LogP contribution in [0.4, 0.5) is 5.69 Å². The molecule has 1 rings (SSSR count). The Bertz CT molecular complexity index is 340. The molecule has 0 heterocycles. The quantitative estimate of drug-likeness (QED) is 0.536. The van der Waals surface area contributed by atoms with Gasteiger partial charge in [0.25, 0.3) is 0 Å². The van der Waals surface area contributed by atoms with Crippen LogP contribution in [0.1, 0.15) is 18.1 Å². The van der Waals surface area contributed by atoms with E-state index in [1.165, 1.54) is 11.6 Å². The standard InChI is InChI=1S/C11H14N2/c1-3-8-5-6-9(10(12)4-2)11(13)7-8/h4-7,12H,2-3,13H2,1H3. The van der Waals surface area contributed by atoms with Crippen molar-refractivity contribution in [2.24, 2.45) is 0 Å². The first-order valence-electron chi connectivity index (χ1n) is 4.28. The number of nitrogen functional groups attached to an aromatic ring is 1. The van der Waals surface area contributed by atoms with Gasteiger partial charge in [-0.15, -0.1) is 0 Å². The van der Waals surface area contributed by atoms with Crippen molar-refractivity contribution in [3.05, 3.63) is 42.0 Å². The molecule has 0 saturated carbocycles. The predicted molar refractivity (Wildman–Crippen MR) is 57.3 cm³/mol. The minimum Gasteiger partial charge on any atom is -0.398 e. The number of aryl methyl sites for hydroxylation is 1. The first-order valence-corrected chi connectivity index (χ1v) is 4.28. The van der Waals surface area contributed by atoms with E-state index in [4.69, 9.17) is 11.1 Å². The summed E-state index contributed by atoms with van der Waals surface area (Å²) in [6.45, 7) is 5.62. The van der Waals surface area contributed by atoms with E-state index in [-0.39, 0.29) is 0 Å². The van der Waals surface area contributed by atoms with Crippen LogP contribution < -0.4 is 5.73 Å². The Kier molecular flexibility index (Phi) is 2.85. The molecule has 0 unspecified atom stereocenters. The molecule has 0 spiro atoms. The number of nitrogens with one attached hydrogen (secondary N) is 1. The lowest BCUT2D eigenvalue weighted by Gasteiger charge is -2.05. The summed E-state index contributed by atoms with van der Waals surface area (Å²) in [5, 5.41) is 7.55. The smallest absolute Gasteiger partial charge is 0.0627 e. The lowest BCUT2D eigenvalue weighted by molar-refractivity contribution is 1.14. The van der Waals surface area contributed by atoms with Crippen molar-refractivity contribution in [3.63, 3.8) is 0 Å². The third kappa shape index (κ3) is 1.96. The van der Waals surface area contributed by atoms with E-state index in [1.807, 2.05) is 18.2 Å². The van der Waals surface area contributed by atoms with E-state index in [0.29, 0.717) is 11.4 Å². The third-order valence-corrected chi connectivity index (χ3v) is 2.02. The highest BCUT2D eigenvalue weighted by atomic mass is 14.6. The maximum absolute atomic E-state index is 7.55. The number of allylic oxidation sites excluding steroid dienone is 1. The zero-order valence-corrected chi connectivity index (χ0v) is 7.80. The Balaban J connectivity index is 3.12. The summed E-state index contributed by atoms with van der Waals surface area (Å²) in [5.41, 5.74) is 8.77. The molecule has 1 aromatic carbocycles. The van der Waals surface area contributed by atoms with Gasteiger partial charge in [0.05, 0.1) is 5.71 Å². The molecule has 0 radical (unpaired) electrons. The number of rotatable bonds is 3. The molecule has 13 heavy (non-hydrogen) atoms. The van der Waals surface area contributed by atoms with Crippen molar-refractivity contribution in [1.29, 1.82) is 5.41 Å². The monoisotopic (exact) mass is 174 g/mol.